The first-order valence-corrected chi connectivity index (χ1v) is 11.7. The van der Waals surface area contributed by atoms with Crippen molar-refractivity contribution in [2.24, 2.45) is 46.3 Å². The maximum Gasteiger partial charge on any atom is 1.00 e. The van der Waals surface area contributed by atoms with Crippen LogP contribution in [0.4, 0.5) is 0 Å². The van der Waals surface area contributed by atoms with Crippen LogP contribution in [0, 0.1) is 46.3 Å². The standard InChI is InChI=1S/C24H40O4.Na.H2O/c1-14(4-9-22(27)28)18-7-8-19-17-6-5-15-12-16(25)10-11-23(15,2)20(17)13-21(26)24(18,19)3;;/h14-21,25-26H,4-13H2,1-3H3,(H,27,28);;1H2/q;+1;/p-1/t14-,15+,16-,17+,18-,19+,20+,21+,23+,24-;;/m1../s1. The summed E-state index contributed by atoms with van der Waals surface area (Å²) in [6.07, 6.45) is 8.98. The largest absolute Gasteiger partial charge is 1.00 e. The van der Waals surface area contributed by atoms with Crippen LogP contribution in [0.5, 0.6) is 0 Å². The number of carbonyl (C=O) groups excluding carboxylic acids is 1. The van der Waals surface area contributed by atoms with E-state index < -0.39 is 5.97 Å². The molecule has 4 aliphatic carbocycles. The Bertz CT molecular complexity index is 614. The second-order valence-corrected chi connectivity index (χ2v) is 11.3. The molecule has 4 rings (SSSR count). The van der Waals surface area contributed by atoms with Crippen molar-refractivity contribution in [1.82, 2.24) is 0 Å². The first-order valence-electron chi connectivity index (χ1n) is 11.7. The zero-order chi connectivity index (χ0) is 20.3. The van der Waals surface area contributed by atoms with Gasteiger partial charge in [0.15, 0.2) is 0 Å². The molecule has 4 N–H and O–H groups in total. The van der Waals surface area contributed by atoms with Gasteiger partial charge in [0.1, 0.15) is 0 Å². The molecule has 4 aliphatic rings. The molecule has 5 nitrogen and oxygen atoms in total. The smallest absolute Gasteiger partial charge is 0.550 e. The fraction of sp³-hybridized carbons (Fsp3) is 0.958. The van der Waals surface area contributed by atoms with Crippen molar-refractivity contribution in [1.29, 1.82) is 0 Å². The van der Waals surface area contributed by atoms with E-state index >= 15 is 0 Å². The van der Waals surface area contributed by atoms with Crippen LogP contribution in [-0.4, -0.2) is 33.9 Å². The van der Waals surface area contributed by atoms with Crippen molar-refractivity contribution < 1.29 is 55.1 Å². The van der Waals surface area contributed by atoms with Gasteiger partial charge in [-0.1, -0.05) is 20.8 Å². The number of carbonyl (C=O) groups is 1. The molecule has 0 spiro atoms. The van der Waals surface area contributed by atoms with Gasteiger partial charge in [-0.15, -0.1) is 0 Å². The summed E-state index contributed by atoms with van der Waals surface area (Å²) in [6.45, 7) is 6.94. The van der Waals surface area contributed by atoms with Crippen LogP contribution in [0.15, 0.2) is 0 Å². The molecule has 30 heavy (non-hydrogen) atoms. The van der Waals surface area contributed by atoms with Crippen LogP contribution in [0.2, 0.25) is 0 Å². The minimum atomic E-state index is -0.957. The molecule has 0 aromatic heterocycles. The maximum atomic E-state index is 11.5. The molecule has 0 saturated heterocycles. The summed E-state index contributed by atoms with van der Waals surface area (Å²) in [5, 5.41) is 32.6. The molecule has 168 valence electrons. The average Bonchev–Trinajstić information content (AvgIpc) is 3.00. The zero-order valence-electron chi connectivity index (χ0n) is 19.4. The summed E-state index contributed by atoms with van der Waals surface area (Å²) in [5.41, 5.74) is 0.188. The molecule has 4 fully saturated rings. The Morgan fingerprint density at radius 1 is 1.07 bits per heavy atom. The topological polar surface area (TPSA) is 112 Å². The van der Waals surface area contributed by atoms with Gasteiger partial charge in [-0.2, -0.15) is 0 Å². The maximum absolute atomic E-state index is 11.5. The Morgan fingerprint density at radius 2 is 1.77 bits per heavy atom. The van der Waals surface area contributed by atoms with Crippen molar-refractivity contribution >= 4 is 5.97 Å². The van der Waals surface area contributed by atoms with Crippen molar-refractivity contribution in [3.05, 3.63) is 0 Å². The van der Waals surface area contributed by atoms with Crippen molar-refractivity contribution in [3.8, 4) is 0 Å². The molecule has 0 bridgehead atoms. The van der Waals surface area contributed by atoms with Crippen molar-refractivity contribution in [3.63, 3.8) is 0 Å². The minimum Gasteiger partial charge on any atom is -0.550 e. The number of hydrogen-bond acceptors (Lipinski definition) is 4. The van der Waals surface area contributed by atoms with E-state index in [0.29, 0.717) is 41.9 Å². The van der Waals surface area contributed by atoms with Crippen LogP contribution >= 0.6 is 0 Å². The molecule has 0 amide bonds. The van der Waals surface area contributed by atoms with Gasteiger partial charge >= 0.3 is 29.6 Å². The normalized spacial score (nSPS) is 48.2. The number of fused-ring (bicyclic) bond motifs is 5. The first-order chi connectivity index (χ1) is 13.2. The quantitative estimate of drug-likeness (QED) is 0.574. The number of hydrogen-bond donors (Lipinski definition) is 2. The number of rotatable bonds is 4. The number of carboxylic acid groups (broad SMARTS) is 1. The molecule has 0 aliphatic heterocycles. The van der Waals surface area contributed by atoms with Gasteiger partial charge in [0.25, 0.3) is 0 Å². The summed E-state index contributed by atoms with van der Waals surface area (Å²) in [6, 6.07) is 0. The van der Waals surface area contributed by atoms with Gasteiger partial charge in [0, 0.05) is 5.97 Å². The fourth-order valence-corrected chi connectivity index (χ4v) is 8.71. The monoisotopic (exact) mass is 432 g/mol. The second-order valence-electron chi connectivity index (χ2n) is 11.3. The molecule has 0 heterocycles. The molecule has 0 unspecified atom stereocenters. The molecule has 10 atom stereocenters. The second kappa shape index (κ2) is 9.69. The van der Waals surface area contributed by atoms with Crippen LogP contribution in [0.3, 0.4) is 0 Å². The molecule has 0 aromatic rings. The Balaban J connectivity index is 0.00000160. The molecule has 0 radical (unpaired) electrons. The van der Waals surface area contributed by atoms with Crippen LogP contribution in [-0.2, 0) is 4.79 Å². The number of aliphatic carboxylic acids is 1. The fourth-order valence-electron chi connectivity index (χ4n) is 8.71. The van der Waals surface area contributed by atoms with E-state index in [1.54, 1.807) is 0 Å². The van der Waals surface area contributed by atoms with Crippen LogP contribution in [0.1, 0.15) is 85.0 Å². The summed E-state index contributed by atoms with van der Waals surface area (Å²) < 4.78 is 0. The van der Waals surface area contributed by atoms with Gasteiger partial charge in [0.2, 0.25) is 0 Å². The SMILES string of the molecule is C[C@H](CCC(=O)[O-])[C@H]1CC[C@H]2[C@@H]3CC[C@H]4C[C@H](O)CC[C@]4(C)[C@H]3C[C@H](O)[C@]12C.O.[Na+]. The van der Waals surface area contributed by atoms with Crippen LogP contribution < -0.4 is 34.7 Å². The third kappa shape index (κ3) is 4.17. The number of carboxylic acids is 1. The molecule has 4 saturated carbocycles. The van der Waals surface area contributed by atoms with Crippen LogP contribution in [0.25, 0.3) is 0 Å². The van der Waals surface area contributed by atoms with E-state index in [2.05, 4.69) is 20.8 Å². The zero-order valence-corrected chi connectivity index (χ0v) is 21.4. The molecular weight excluding hydrogens is 391 g/mol. The summed E-state index contributed by atoms with van der Waals surface area (Å²) >= 11 is 0. The first kappa shape index (κ1) is 26.6. The third-order valence-corrected chi connectivity index (χ3v) is 10.3. The predicted molar refractivity (Wildman–Crippen MR) is 110 cm³/mol. The average molecular weight is 433 g/mol. The summed E-state index contributed by atoms with van der Waals surface area (Å²) in [5.74, 6) is 2.19. The van der Waals surface area contributed by atoms with Gasteiger partial charge < -0.3 is 25.6 Å². The van der Waals surface area contributed by atoms with E-state index in [1.807, 2.05) is 0 Å². The predicted octanol–water partition coefficient (Wildman–Crippen LogP) is -0.677. The third-order valence-electron chi connectivity index (χ3n) is 10.3. The Kier molecular flexibility index (Phi) is 8.59. The molecule has 6 heteroatoms. The molecular formula is C24H41NaO5. The summed E-state index contributed by atoms with van der Waals surface area (Å²) in [7, 11) is 0. The minimum absolute atomic E-state index is 0. The summed E-state index contributed by atoms with van der Waals surface area (Å²) in [4.78, 5) is 10.9. The van der Waals surface area contributed by atoms with E-state index in [0.717, 1.165) is 32.1 Å². The number of aliphatic hydroxyl groups is 2. The van der Waals surface area contributed by atoms with Crippen molar-refractivity contribution in [2.75, 3.05) is 0 Å². The van der Waals surface area contributed by atoms with Gasteiger partial charge in [-0.05, 0) is 111 Å². The van der Waals surface area contributed by atoms with E-state index in [9.17, 15) is 20.1 Å². The van der Waals surface area contributed by atoms with Gasteiger partial charge in [-0.3, -0.25) is 0 Å². The number of aliphatic hydroxyl groups excluding tert-OH is 2. The van der Waals surface area contributed by atoms with E-state index in [-0.39, 0.29) is 64.5 Å². The Labute approximate surface area is 204 Å². The Morgan fingerprint density at radius 3 is 2.43 bits per heavy atom. The Hall–Kier alpha value is 0.350. The van der Waals surface area contributed by atoms with Gasteiger partial charge in [-0.25, -0.2) is 0 Å². The van der Waals surface area contributed by atoms with E-state index in [4.69, 9.17) is 0 Å². The van der Waals surface area contributed by atoms with E-state index in [1.165, 1.54) is 19.3 Å². The molecule has 0 aromatic carbocycles. The van der Waals surface area contributed by atoms with Crippen molar-refractivity contribution in [2.45, 2.75) is 97.2 Å². The van der Waals surface area contributed by atoms with Gasteiger partial charge in [0.05, 0.1) is 12.2 Å².